The molecule has 3 aromatic rings. The van der Waals surface area contributed by atoms with E-state index in [1.807, 2.05) is 25.3 Å². The fourth-order valence-electron chi connectivity index (χ4n) is 3.80. The number of hydrogen-bond acceptors (Lipinski definition) is 4. The van der Waals surface area contributed by atoms with Crippen molar-refractivity contribution in [3.63, 3.8) is 0 Å². The third-order valence-electron chi connectivity index (χ3n) is 5.17. The van der Waals surface area contributed by atoms with Crippen LogP contribution in [-0.4, -0.2) is 30.7 Å². The van der Waals surface area contributed by atoms with Gasteiger partial charge in [-0.2, -0.15) is 0 Å². The van der Waals surface area contributed by atoms with Gasteiger partial charge in [-0.05, 0) is 68.5 Å². The number of rotatable bonds is 4. The molecule has 4 rings (SSSR count). The Balaban J connectivity index is 1.88. The molecule has 0 atom stereocenters. The quantitative estimate of drug-likeness (QED) is 0.710. The zero-order valence-electron chi connectivity index (χ0n) is 15.7. The molecule has 0 spiro atoms. The molecule has 1 aliphatic carbocycles. The second kappa shape index (κ2) is 7.00. The number of benzene rings is 1. The highest BCUT2D eigenvalue weighted by Gasteiger charge is 2.20. The summed E-state index contributed by atoms with van der Waals surface area (Å²) in [5.41, 5.74) is 3.40. The van der Waals surface area contributed by atoms with Crippen molar-refractivity contribution in [3.05, 3.63) is 42.2 Å². The summed E-state index contributed by atoms with van der Waals surface area (Å²) < 4.78 is 30.6. The normalized spacial score (nSPS) is 15.9. The molecule has 1 aromatic carbocycles. The van der Waals surface area contributed by atoms with E-state index in [-0.39, 0.29) is 6.10 Å². The number of H-pyrrole nitrogens is 1. The Bertz CT molecular complexity index is 1080. The van der Waals surface area contributed by atoms with E-state index in [4.69, 9.17) is 4.74 Å². The van der Waals surface area contributed by atoms with Gasteiger partial charge in [-0.1, -0.05) is 6.42 Å². The summed E-state index contributed by atoms with van der Waals surface area (Å²) in [6.07, 6.45) is 8.97. The number of aromatic nitrogens is 2. The van der Waals surface area contributed by atoms with Crippen molar-refractivity contribution in [1.29, 1.82) is 0 Å². The van der Waals surface area contributed by atoms with Crippen LogP contribution in [0, 0.1) is 6.92 Å². The first-order chi connectivity index (χ1) is 12.9. The van der Waals surface area contributed by atoms with E-state index < -0.39 is 9.84 Å². The summed E-state index contributed by atoms with van der Waals surface area (Å²) in [5.74, 6) is 0.738. The molecule has 27 heavy (non-hydrogen) atoms. The molecule has 1 N–H and O–H groups in total. The van der Waals surface area contributed by atoms with Gasteiger partial charge in [0.2, 0.25) is 0 Å². The maximum atomic E-state index is 12.1. The lowest BCUT2D eigenvalue weighted by Crippen LogP contribution is -2.20. The summed E-state index contributed by atoms with van der Waals surface area (Å²) in [7, 11) is -3.31. The van der Waals surface area contributed by atoms with Gasteiger partial charge in [-0.25, -0.2) is 13.4 Å². The number of nitrogens with one attached hydrogen (secondary N) is 1. The number of pyridine rings is 1. The number of sulfone groups is 1. The van der Waals surface area contributed by atoms with Crippen molar-refractivity contribution in [1.82, 2.24) is 9.97 Å². The number of aromatic amines is 1. The Hall–Kier alpha value is -2.34. The average Bonchev–Trinajstić information content (AvgIpc) is 3.09. The van der Waals surface area contributed by atoms with Crippen LogP contribution < -0.4 is 4.74 Å². The summed E-state index contributed by atoms with van der Waals surface area (Å²) in [6, 6.07) is 9.13. The van der Waals surface area contributed by atoms with Crippen LogP contribution in [0.2, 0.25) is 0 Å². The molecule has 142 valence electrons. The minimum Gasteiger partial charge on any atom is -0.490 e. The summed E-state index contributed by atoms with van der Waals surface area (Å²) >= 11 is 0. The highest BCUT2D eigenvalue weighted by molar-refractivity contribution is 7.90. The Morgan fingerprint density at radius 1 is 1.07 bits per heavy atom. The van der Waals surface area contributed by atoms with Crippen molar-refractivity contribution in [2.45, 2.75) is 50.0 Å². The zero-order chi connectivity index (χ0) is 19.0. The second-order valence-corrected chi connectivity index (χ2v) is 9.37. The molecule has 0 amide bonds. The van der Waals surface area contributed by atoms with Crippen molar-refractivity contribution >= 4 is 20.9 Å². The molecule has 6 heteroatoms. The van der Waals surface area contributed by atoms with E-state index in [0.29, 0.717) is 4.90 Å². The number of hydrogen-bond donors (Lipinski definition) is 1. The van der Waals surface area contributed by atoms with E-state index in [1.165, 1.54) is 25.5 Å². The van der Waals surface area contributed by atoms with Gasteiger partial charge in [-0.3, -0.25) is 0 Å². The minimum atomic E-state index is -3.31. The molecule has 1 aliphatic rings. The number of aryl methyl sites for hydroxylation is 1. The lowest BCUT2D eigenvalue weighted by Gasteiger charge is -2.25. The maximum absolute atomic E-state index is 12.1. The fraction of sp³-hybridized carbons (Fsp3) is 0.381. The van der Waals surface area contributed by atoms with Gasteiger partial charge in [0.05, 0.1) is 11.0 Å². The highest BCUT2D eigenvalue weighted by atomic mass is 32.2. The van der Waals surface area contributed by atoms with Crippen molar-refractivity contribution in [2.75, 3.05) is 6.26 Å². The predicted molar refractivity (Wildman–Crippen MR) is 107 cm³/mol. The van der Waals surface area contributed by atoms with Crippen LogP contribution in [0.4, 0.5) is 0 Å². The van der Waals surface area contributed by atoms with E-state index in [1.54, 1.807) is 18.2 Å². The van der Waals surface area contributed by atoms with Crippen molar-refractivity contribution < 1.29 is 13.2 Å². The SMILES string of the molecule is Cc1cc(-c2cc(S(C)(=O)=O)ccc2OC2CCCCC2)c2cc[nH]c2n1. The van der Waals surface area contributed by atoms with Crippen LogP contribution >= 0.6 is 0 Å². The topological polar surface area (TPSA) is 72.1 Å². The standard InChI is InChI=1S/C21H24N2O3S/c1-14-12-18(17-10-11-22-21(17)23-14)19-13-16(27(2,24)25)8-9-20(19)26-15-6-4-3-5-7-15/h8-13,15H,3-7H2,1-2H3,(H,22,23). The molecule has 2 aromatic heterocycles. The molecular formula is C21H24N2O3S. The first-order valence-electron chi connectivity index (χ1n) is 9.38. The van der Waals surface area contributed by atoms with E-state index >= 15 is 0 Å². The van der Waals surface area contributed by atoms with Crippen LogP contribution in [0.1, 0.15) is 37.8 Å². The molecular weight excluding hydrogens is 360 g/mol. The first kappa shape index (κ1) is 18.0. The Morgan fingerprint density at radius 2 is 1.85 bits per heavy atom. The molecule has 5 nitrogen and oxygen atoms in total. The van der Waals surface area contributed by atoms with E-state index in [0.717, 1.165) is 46.4 Å². The van der Waals surface area contributed by atoms with Gasteiger partial charge >= 0.3 is 0 Å². The van der Waals surface area contributed by atoms with Crippen LogP contribution in [0.15, 0.2) is 41.4 Å². The first-order valence-corrected chi connectivity index (χ1v) is 11.3. The molecule has 2 heterocycles. The van der Waals surface area contributed by atoms with Crippen molar-refractivity contribution in [3.8, 4) is 16.9 Å². The molecule has 0 saturated heterocycles. The second-order valence-electron chi connectivity index (χ2n) is 7.36. The van der Waals surface area contributed by atoms with Crippen LogP contribution in [0.3, 0.4) is 0 Å². The third-order valence-corrected chi connectivity index (χ3v) is 6.28. The maximum Gasteiger partial charge on any atom is 0.175 e. The Morgan fingerprint density at radius 3 is 2.59 bits per heavy atom. The van der Waals surface area contributed by atoms with Gasteiger partial charge in [0.25, 0.3) is 0 Å². The average molecular weight is 385 g/mol. The molecule has 0 aliphatic heterocycles. The van der Waals surface area contributed by atoms with E-state index in [9.17, 15) is 8.42 Å². The lowest BCUT2D eigenvalue weighted by molar-refractivity contribution is 0.155. The highest BCUT2D eigenvalue weighted by Crippen LogP contribution is 2.38. The van der Waals surface area contributed by atoms with Gasteiger partial charge in [0, 0.05) is 29.1 Å². The number of ether oxygens (including phenoxy) is 1. The Labute approximate surface area is 159 Å². The monoisotopic (exact) mass is 384 g/mol. The third kappa shape index (κ3) is 3.72. The summed E-state index contributed by atoms with van der Waals surface area (Å²) in [6.45, 7) is 1.94. The summed E-state index contributed by atoms with van der Waals surface area (Å²) in [4.78, 5) is 7.97. The molecule has 1 saturated carbocycles. The fourth-order valence-corrected chi connectivity index (χ4v) is 4.45. The van der Waals surface area contributed by atoms with Gasteiger partial charge in [0.15, 0.2) is 9.84 Å². The molecule has 0 radical (unpaired) electrons. The van der Waals surface area contributed by atoms with Crippen molar-refractivity contribution in [2.24, 2.45) is 0 Å². The zero-order valence-corrected chi connectivity index (χ0v) is 16.5. The molecule has 0 unspecified atom stereocenters. The van der Waals surface area contributed by atoms with Gasteiger partial charge < -0.3 is 9.72 Å². The van der Waals surface area contributed by atoms with Crippen LogP contribution in [0.25, 0.3) is 22.2 Å². The van der Waals surface area contributed by atoms with Gasteiger partial charge in [-0.15, -0.1) is 0 Å². The largest absolute Gasteiger partial charge is 0.490 e. The predicted octanol–water partition coefficient (Wildman–Crippen LogP) is 4.65. The smallest absolute Gasteiger partial charge is 0.175 e. The van der Waals surface area contributed by atoms with Crippen LogP contribution in [0.5, 0.6) is 5.75 Å². The minimum absolute atomic E-state index is 0.186. The molecule has 1 fully saturated rings. The Kier molecular flexibility index (Phi) is 4.68. The number of fused-ring (bicyclic) bond motifs is 1. The van der Waals surface area contributed by atoms with Crippen LogP contribution in [-0.2, 0) is 9.84 Å². The van der Waals surface area contributed by atoms with E-state index in [2.05, 4.69) is 9.97 Å². The summed E-state index contributed by atoms with van der Waals surface area (Å²) in [5, 5.41) is 0.958. The van der Waals surface area contributed by atoms with Gasteiger partial charge in [0.1, 0.15) is 11.4 Å². The molecule has 0 bridgehead atoms. The lowest BCUT2D eigenvalue weighted by atomic mass is 9.97. The number of nitrogens with zero attached hydrogens (tertiary/aromatic N) is 1.